The van der Waals surface area contributed by atoms with E-state index in [1.807, 2.05) is 9.80 Å². The molecule has 7 heteroatoms. The molecule has 0 fully saturated rings. The lowest BCUT2D eigenvalue weighted by molar-refractivity contribution is -0.383. The number of aromatic nitrogens is 2. The molecule has 0 amide bonds. The monoisotopic (exact) mass is 379 g/mol. The van der Waals surface area contributed by atoms with E-state index >= 15 is 0 Å². The first kappa shape index (κ1) is 23.1. The molecule has 1 rings (SSSR count). The van der Waals surface area contributed by atoms with Gasteiger partial charge in [0.1, 0.15) is 6.33 Å². The van der Waals surface area contributed by atoms with Crippen molar-refractivity contribution in [3.05, 3.63) is 16.4 Å². The fraction of sp³-hybridized carbons (Fsp3) is 0.800. The lowest BCUT2D eigenvalue weighted by Crippen LogP contribution is -2.35. The second-order valence-corrected chi connectivity index (χ2v) is 9.01. The van der Waals surface area contributed by atoms with Crippen molar-refractivity contribution >= 4 is 17.3 Å². The molecule has 154 valence electrons. The smallest absolute Gasteiger partial charge is 0.350 e. The molecule has 0 aliphatic rings. The van der Waals surface area contributed by atoms with Gasteiger partial charge in [0.15, 0.2) is 0 Å². The molecular weight excluding hydrogens is 342 g/mol. The highest BCUT2D eigenvalue weighted by Gasteiger charge is 2.31. The van der Waals surface area contributed by atoms with Crippen LogP contribution in [0.4, 0.5) is 17.3 Å². The van der Waals surface area contributed by atoms with Crippen molar-refractivity contribution < 1.29 is 4.92 Å². The highest BCUT2D eigenvalue weighted by atomic mass is 16.6. The summed E-state index contributed by atoms with van der Waals surface area (Å²) in [5, 5.41) is 12.1. The number of nitrogens with zero attached hydrogens (tertiary/aromatic N) is 5. The zero-order valence-electron chi connectivity index (χ0n) is 18.3. The van der Waals surface area contributed by atoms with Crippen molar-refractivity contribution in [2.75, 3.05) is 36.0 Å². The van der Waals surface area contributed by atoms with Crippen LogP contribution in [0, 0.1) is 33.8 Å². The first-order valence-corrected chi connectivity index (χ1v) is 10.0. The molecule has 0 aromatic carbocycles. The quantitative estimate of drug-likeness (QED) is 0.412. The van der Waals surface area contributed by atoms with Crippen LogP contribution in [0.2, 0.25) is 0 Å². The molecule has 0 atom stereocenters. The van der Waals surface area contributed by atoms with E-state index < -0.39 is 0 Å². The van der Waals surface area contributed by atoms with Crippen molar-refractivity contribution in [1.29, 1.82) is 0 Å². The van der Waals surface area contributed by atoms with Crippen LogP contribution in [0.1, 0.15) is 55.4 Å². The van der Waals surface area contributed by atoms with Gasteiger partial charge in [-0.25, -0.2) is 9.97 Å². The highest BCUT2D eigenvalue weighted by molar-refractivity contribution is 5.71. The molecule has 0 aliphatic heterocycles. The molecule has 0 aliphatic carbocycles. The van der Waals surface area contributed by atoms with E-state index in [0.29, 0.717) is 35.3 Å². The molecule has 0 saturated heterocycles. The van der Waals surface area contributed by atoms with Gasteiger partial charge < -0.3 is 9.80 Å². The maximum Gasteiger partial charge on any atom is 0.353 e. The van der Waals surface area contributed by atoms with Gasteiger partial charge in [-0.2, -0.15) is 0 Å². The second kappa shape index (κ2) is 10.4. The van der Waals surface area contributed by atoms with Gasteiger partial charge in [0.2, 0.25) is 11.6 Å². The van der Waals surface area contributed by atoms with E-state index in [4.69, 9.17) is 0 Å². The molecule has 0 bridgehead atoms. The molecular formula is C20H37N5O2. The van der Waals surface area contributed by atoms with Crippen LogP contribution in [-0.4, -0.2) is 41.1 Å². The zero-order chi connectivity index (χ0) is 20.7. The lowest BCUT2D eigenvalue weighted by Gasteiger charge is -2.30. The topological polar surface area (TPSA) is 75.4 Å². The lowest BCUT2D eigenvalue weighted by atomic mass is 10.1. The molecule has 1 heterocycles. The predicted molar refractivity (Wildman–Crippen MR) is 112 cm³/mol. The van der Waals surface area contributed by atoms with Crippen LogP contribution in [0.5, 0.6) is 0 Å². The van der Waals surface area contributed by atoms with E-state index in [1.54, 1.807) is 0 Å². The summed E-state index contributed by atoms with van der Waals surface area (Å²) < 4.78 is 0. The minimum absolute atomic E-state index is 0.0279. The average Bonchev–Trinajstić information content (AvgIpc) is 2.51. The minimum Gasteiger partial charge on any atom is -0.350 e. The third kappa shape index (κ3) is 7.31. The Bertz CT molecular complexity index is 540. The van der Waals surface area contributed by atoms with Crippen LogP contribution >= 0.6 is 0 Å². The summed E-state index contributed by atoms with van der Waals surface area (Å²) in [6.45, 7) is 19.8. The van der Waals surface area contributed by atoms with Gasteiger partial charge in [-0.15, -0.1) is 0 Å². The molecule has 0 radical (unpaired) electrons. The number of hydrogen-bond acceptors (Lipinski definition) is 6. The molecule has 0 spiro atoms. The Labute approximate surface area is 164 Å². The summed E-state index contributed by atoms with van der Waals surface area (Å²) in [7, 11) is 0. The standard InChI is InChI=1S/C20H37N5O2/c1-14(2)9-23(10-15(3)4)19-18(25(26)27)20(22-13-21-19)24(11-16(5)6)12-17(7)8/h13-17H,9-12H2,1-8H3. The maximum absolute atomic E-state index is 12.1. The first-order valence-electron chi connectivity index (χ1n) is 10.0. The number of nitro groups is 1. The third-order valence-electron chi connectivity index (χ3n) is 3.91. The fourth-order valence-corrected chi connectivity index (χ4v) is 3.24. The van der Waals surface area contributed by atoms with Crippen molar-refractivity contribution in [3.63, 3.8) is 0 Å². The molecule has 0 unspecified atom stereocenters. The summed E-state index contributed by atoms with van der Waals surface area (Å²) in [5.41, 5.74) is 0.0279. The van der Waals surface area contributed by atoms with Crippen LogP contribution in [0.3, 0.4) is 0 Å². The summed E-state index contributed by atoms with van der Waals surface area (Å²) >= 11 is 0. The number of rotatable bonds is 11. The SMILES string of the molecule is CC(C)CN(CC(C)C)c1ncnc(N(CC(C)C)CC(C)C)c1[N+](=O)[O-]. The Kier molecular flexibility index (Phi) is 8.93. The van der Waals surface area contributed by atoms with Crippen LogP contribution < -0.4 is 9.80 Å². The van der Waals surface area contributed by atoms with E-state index in [2.05, 4.69) is 65.4 Å². The zero-order valence-corrected chi connectivity index (χ0v) is 18.3. The molecule has 1 aromatic rings. The van der Waals surface area contributed by atoms with Crippen LogP contribution in [-0.2, 0) is 0 Å². The molecule has 0 saturated carbocycles. The van der Waals surface area contributed by atoms with Gasteiger partial charge in [-0.3, -0.25) is 10.1 Å². The van der Waals surface area contributed by atoms with E-state index in [9.17, 15) is 10.1 Å². The van der Waals surface area contributed by atoms with Crippen molar-refractivity contribution in [2.45, 2.75) is 55.4 Å². The Hall–Kier alpha value is -1.92. The van der Waals surface area contributed by atoms with Gasteiger partial charge in [0, 0.05) is 26.2 Å². The molecule has 7 nitrogen and oxygen atoms in total. The normalized spacial score (nSPS) is 11.7. The molecule has 0 N–H and O–H groups in total. The molecule has 27 heavy (non-hydrogen) atoms. The highest BCUT2D eigenvalue weighted by Crippen LogP contribution is 2.35. The van der Waals surface area contributed by atoms with Gasteiger partial charge >= 0.3 is 5.69 Å². The summed E-state index contributed by atoms with van der Waals surface area (Å²) in [6, 6.07) is 0. The number of hydrogen-bond donors (Lipinski definition) is 0. The third-order valence-corrected chi connectivity index (χ3v) is 3.91. The van der Waals surface area contributed by atoms with E-state index in [1.165, 1.54) is 6.33 Å². The predicted octanol–water partition coefficient (Wildman–Crippen LogP) is 4.62. The van der Waals surface area contributed by atoms with Crippen molar-refractivity contribution in [3.8, 4) is 0 Å². The van der Waals surface area contributed by atoms with E-state index in [-0.39, 0.29) is 10.6 Å². The Balaban J connectivity index is 3.49. The van der Waals surface area contributed by atoms with E-state index in [0.717, 1.165) is 26.2 Å². The van der Waals surface area contributed by atoms with Crippen LogP contribution in [0.15, 0.2) is 6.33 Å². The van der Waals surface area contributed by atoms with Gasteiger partial charge in [0.05, 0.1) is 4.92 Å². The Morgan fingerprint density at radius 2 is 1.07 bits per heavy atom. The fourth-order valence-electron chi connectivity index (χ4n) is 3.24. The van der Waals surface area contributed by atoms with Crippen LogP contribution in [0.25, 0.3) is 0 Å². The summed E-state index contributed by atoms with van der Waals surface area (Å²) in [6.07, 6.45) is 1.47. The summed E-state index contributed by atoms with van der Waals surface area (Å²) in [4.78, 5) is 24.5. The Morgan fingerprint density at radius 1 is 0.778 bits per heavy atom. The Morgan fingerprint density at radius 3 is 1.30 bits per heavy atom. The average molecular weight is 380 g/mol. The van der Waals surface area contributed by atoms with Gasteiger partial charge in [-0.05, 0) is 23.7 Å². The number of anilines is 2. The summed E-state index contributed by atoms with van der Waals surface area (Å²) in [5.74, 6) is 2.39. The molecule has 1 aromatic heterocycles. The largest absolute Gasteiger partial charge is 0.353 e. The second-order valence-electron chi connectivity index (χ2n) is 9.01. The van der Waals surface area contributed by atoms with Gasteiger partial charge in [0.25, 0.3) is 0 Å². The maximum atomic E-state index is 12.1. The van der Waals surface area contributed by atoms with Gasteiger partial charge in [-0.1, -0.05) is 55.4 Å². The van der Waals surface area contributed by atoms with Crippen molar-refractivity contribution in [2.24, 2.45) is 23.7 Å². The first-order chi connectivity index (χ1) is 12.5. The minimum atomic E-state index is -0.314. The van der Waals surface area contributed by atoms with Crippen molar-refractivity contribution in [1.82, 2.24) is 9.97 Å².